The number of carboxylic acids is 1. The van der Waals surface area contributed by atoms with Crippen LogP contribution in [0.1, 0.15) is 33.3 Å². The molecule has 2 aromatic carbocycles. The SMILES string of the molecule is COC(=O)c1ccc(-c2cc(F)ncc2F)c(CO)c1.O=C(O)c1ccc2c(c1)OCc1cnc(F)cc1-2.[H-].[Na+]. The minimum atomic E-state index is -1.02. The van der Waals surface area contributed by atoms with Crippen LogP contribution < -0.4 is 34.3 Å². The third kappa shape index (κ3) is 6.63. The molecule has 0 bridgehead atoms. The average Bonchev–Trinajstić information content (AvgIpc) is 2.93. The van der Waals surface area contributed by atoms with E-state index in [2.05, 4.69) is 14.7 Å². The van der Waals surface area contributed by atoms with Gasteiger partial charge in [-0.2, -0.15) is 8.78 Å². The first-order chi connectivity index (χ1) is 18.2. The van der Waals surface area contributed by atoms with E-state index in [-0.39, 0.29) is 59.8 Å². The van der Waals surface area contributed by atoms with Gasteiger partial charge in [-0.15, -0.1) is 0 Å². The number of nitrogens with zero attached hydrogens (tertiary/aromatic N) is 2. The number of aliphatic hydroxyl groups excluding tert-OH is 1. The summed E-state index contributed by atoms with van der Waals surface area (Å²) in [5, 5.41) is 18.2. The second-order valence-electron chi connectivity index (χ2n) is 7.98. The summed E-state index contributed by atoms with van der Waals surface area (Å²) in [5.74, 6) is -3.26. The molecule has 8 nitrogen and oxygen atoms in total. The number of carbonyl (C=O) groups excluding carboxylic acids is 1. The maximum absolute atomic E-state index is 13.7. The third-order valence-electron chi connectivity index (χ3n) is 5.66. The number of hydrogen-bond donors (Lipinski definition) is 2. The molecule has 0 radical (unpaired) electrons. The number of carboxylic acid groups (broad SMARTS) is 1. The van der Waals surface area contributed by atoms with Gasteiger partial charge in [0.1, 0.15) is 18.2 Å². The number of hydrogen-bond acceptors (Lipinski definition) is 7. The summed E-state index contributed by atoms with van der Waals surface area (Å²) in [5.41, 5.74) is 3.08. The normalized spacial score (nSPS) is 11.0. The van der Waals surface area contributed by atoms with E-state index in [1.165, 1.54) is 49.7 Å². The summed E-state index contributed by atoms with van der Waals surface area (Å²) >= 11 is 0. The van der Waals surface area contributed by atoms with E-state index in [0.29, 0.717) is 22.4 Å². The summed E-state index contributed by atoms with van der Waals surface area (Å²) in [4.78, 5) is 29.0. The fourth-order valence-electron chi connectivity index (χ4n) is 3.83. The predicted octanol–water partition coefficient (Wildman–Crippen LogP) is 1.90. The van der Waals surface area contributed by atoms with Crippen molar-refractivity contribution in [1.82, 2.24) is 9.97 Å². The van der Waals surface area contributed by atoms with Crippen LogP contribution in [0.5, 0.6) is 5.75 Å². The molecule has 0 fully saturated rings. The monoisotopic (exact) mass is 548 g/mol. The summed E-state index contributed by atoms with van der Waals surface area (Å²) in [7, 11) is 1.23. The van der Waals surface area contributed by atoms with Crippen molar-refractivity contribution in [1.29, 1.82) is 0 Å². The number of carbonyl (C=O) groups is 2. The first kappa shape index (κ1) is 29.8. The van der Waals surface area contributed by atoms with Crippen LogP contribution >= 0.6 is 0 Å². The van der Waals surface area contributed by atoms with Gasteiger partial charge in [0.05, 0.1) is 31.0 Å². The van der Waals surface area contributed by atoms with Gasteiger partial charge in [-0.3, -0.25) is 0 Å². The van der Waals surface area contributed by atoms with Crippen molar-refractivity contribution >= 4 is 11.9 Å². The molecule has 196 valence electrons. The average molecular weight is 548 g/mol. The zero-order chi connectivity index (χ0) is 27.4. The number of benzene rings is 2. The van der Waals surface area contributed by atoms with Crippen LogP contribution in [-0.4, -0.2) is 39.2 Å². The molecule has 0 atom stereocenters. The Labute approximate surface area is 243 Å². The minimum Gasteiger partial charge on any atom is -1.00 e. The van der Waals surface area contributed by atoms with E-state index in [4.69, 9.17) is 9.84 Å². The fourth-order valence-corrected chi connectivity index (χ4v) is 3.83. The maximum atomic E-state index is 13.7. The number of fused-ring (bicyclic) bond motifs is 3. The molecule has 5 rings (SSSR count). The molecule has 0 aliphatic carbocycles. The van der Waals surface area contributed by atoms with Crippen molar-refractivity contribution in [2.24, 2.45) is 0 Å². The van der Waals surface area contributed by atoms with E-state index in [1.54, 1.807) is 6.07 Å². The van der Waals surface area contributed by atoms with Gasteiger partial charge >= 0.3 is 41.5 Å². The van der Waals surface area contributed by atoms with Crippen molar-refractivity contribution in [3.05, 3.63) is 101 Å². The predicted molar refractivity (Wildman–Crippen MR) is 129 cm³/mol. The van der Waals surface area contributed by atoms with E-state index < -0.39 is 36.3 Å². The number of aromatic carboxylic acids is 1. The van der Waals surface area contributed by atoms with Crippen molar-refractivity contribution in [2.75, 3.05) is 7.11 Å². The Hall–Kier alpha value is -3.77. The van der Waals surface area contributed by atoms with E-state index in [9.17, 15) is 27.9 Å². The molecule has 0 unspecified atom stereocenters. The third-order valence-corrected chi connectivity index (χ3v) is 5.66. The number of pyridine rings is 2. The number of aliphatic hydroxyl groups is 1. The summed E-state index contributed by atoms with van der Waals surface area (Å²) < 4.78 is 50.0. The van der Waals surface area contributed by atoms with Crippen molar-refractivity contribution in [2.45, 2.75) is 13.2 Å². The standard InChI is InChI=1S/C14H11F2NO3.C13H8FNO3.Na.H/c1-20-14(19)8-2-3-10(9(4-8)7-18)11-5-13(16)17-6-12(11)15;14-12-4-10-8(5-15-12)6-18-11-3-7(13(16)17)1-2-9(10)11;;/h2-6,18H,7H2,1H3;1-5H,6H2,(H,16,17);;/q;;+1;-1. The number of rotatable bonds is 4. The Balaban J connectivity index is 0.000000268. The van der Waals surface area contributed by atoms with Crippen molar-refractivity contribution < 1.29 is 73.4 Å². The molecule has 0 saturated heterocycles. The van der Waals surface area contributed by atoms with Crippen molar-refractivity contribution in [3.63, 3.8) is 0 Å². The van der Waals surface area contributed by atoms with E-state index in [1.807, 2.05) is 0 Å². The summed E-state index contributed by atoms with van der Waals surface area (Å²) in [6, 6.07) is 11.0. The minimum absolute atomic E-state index is 0. The number of ether oxygens (including phenoxy) is 2. The Morgan fingerprint density at radius 2 is 1.56 bits per heavy atom. The van der Waals surface area contributed by atoms with Gasteiger partial charge in [0.2, 0.25) is 11.9 Å². The molecular weight excluding hydrogens is 528 g/mol. The summed E-state index contributed by atoms with van der Waals surface area (Å²) in [6.07, 6.45) is 2.19. The first-order valence-corrected chi connectivity index (χ1v) is 11.0. The van der Waals surface area contributed by atoms with Gasteiger partial charge < -0.3 is 21.1 Å². The zero-order valence-electron chi connectivity index (χ0n) is 21.7. The van der Waals surface area contributed by atoms with Crippen LogP contribution in [-0.2, 0) is 18.0 Å². The van der Waals surface area contributed by atoms with Gasteiger partial charge in [0.15, 0.2) is 0 Å². The molecule has 12 heteroatoms. The Morgan fingerprint density at radius 3 is 2.23 bits per heavy atom. The Morgan fingerprint density at radius 1 is 0.923 bits per heavy atom. The smallest absolute Gasteiger partial charge is 1.00 e. The quantitative estimate of drug-likeness (QED) is 0.226. The van der Waals surface area contributed by atoms with Crippen LogP contribution in [0.4, 0.5) is 13.2 Å². The van der Waals surface area contributed by atoms with Crippen LogP contribution in [0.15, 0.2) is 60.9 Å². The van der Waals surface area contributed by atoms with Crippen LogP contribution in [0.25, 0.3) is 22.3 Å². The molecule has 2 aromatic heterocycles. The molecule has 1 aliphatic heterocycles. The molecular formula is C27H20F3N2NaO6. The molecule has 0 saturated carbocycles. The summed E-state index contributed by atoms with van der Waals surface area (Å²) in [6.45, 7) is -0.164. The van der Waals surface area contributed by atoms with Crippen LogP contribution in [0.2, 0.25) is 0 Å². The molecule has 1 aliphatic rings. The number of methoxy groups -OCH3 is 1. The number of esters is 1. The Kier molecular flexibility index (Phi) is 9.81. The molecule has 4 aromatic rings. The van der Waals surface area contributed by atoms with E-state index in [0.717, 1.165) is 17.8 Å². The Bertz CT molecular complexity index is 1560. The van der Waals surface area contributed by atoms with Crippen molar-refractivity contribution in [3.8, 4) is 28.0 Å². The van der Waals surface area contributed by atoms with Crippen LogP contribution in [0.3, 0.4) is 0 Å². The molecule has 3 heterocycles. The largest absolute Gasteiger partial charge is 1.00 e. The van der Waals surface area contributed by atoms with Crippen LogP contribution in [0, 0.1) is 17.7 Å². The second-order valence-corrected chi connectivity index (χ2v) is 7.98. The first-order valence-electron chi connectivity index (χ1n) is 11.0. The number of aromatic nitrogens is 2. The molecule has 39 heavy (non-hydrogen) atoms. The molecule has 0 spiro atoms. The molecule has 0 amide bonds. The fraction of sp³-hybridized carbons (Fsp3) is 0.111. The molecule has 2 N–H and O–H groups in total. The maximum Gasteiger partial charge on any atom is 1.00 e. The van der Waals surface area contributed by atoms with E-state index >= 15 is 0 Å². The van der Waals surface area contributed by atoms with Gasteiger partial charge in [-0.25, -0.2) is 23.9 Å². The van der Waals surface area contributed by atoms with Gasteiger partial charge in [0.25, 0.3) is 0 Å². The number of halogens is 3. The van der Waals surface area contributed by atoms with Gasteiger partial charge in [-0.1, -0.05) is 6.07 Å². The van der Waals surface area contributed by atoms with Gasteiger partial charge in [0, 0.05) is 35.0 Å². The topological polar surface area (TPSA) is 119 Å². The van der Waals surface area contributed by atoms with Gasteiger partial charge in [-0.05, 0) is 47.0 Å². The second kappa shape index (κ2) is 12.9. The zero-order valence-corrected chi connectivity index (χ0v) is 22.7.